The summed E-state index contributed by atoms with van der Waals surface area (Å²) < 4.78 is 4.99. The summed E-state index contributed by atoms with van der Waals surface area (Å²) in [5.41, 5.74) is 6.41. The Morgan fingerprint density at radius 2 is 2.13 bits per heavy atom. The maximum absolute atomic E-state index is 11.0. The Labute approximate surface area is 89.4 Å². The van der Waals surface area contributed by atoms with Crippen LogP contribution in [0.15, 0.2) is 24.3 Å². The molecule has 4 heteroatoms. The van der Waals surface area contributed by atoms with Gasteiger partial charge in [-0.15, -0.1) is 0 Å². The van der Waals surface area contributed by atoms with Crippen molar-refractivity contribution in [2.75, 3.05) is 7.05 Å². The van der Waals surface area contributed by atoms with Gasteiger partial charge < -0.3 is 15.8 Å². The summed E-state index contributed by atoms with van der Waals surface area (Å²) in [5, 5.41) is 2.38. The summed E-state index contributed by atoms with van der Waals surface area (Å²) in [6.45, 7) is 3.79. The molecule has 0 bridgehead atoms. The van der Waals surface area contributed by atoms with Gasteiger partial charge in [0.25, 0.3) is 0 Å². The van der Waals surface area contributed by atoms with E-state index < -0.39 is 11.6 Å². The van der Waals surface area contributed by atoms with Gasteiger partial charge in [-0.25, -0.2) is 4.79 Å². The van der Waals surface area contributed by atoms with Crippen LogP contribution in [0.25, 0.3) is 0 Å². The zero-order chi connectivity index (χ0) is 11.5. The van der Waals surface area contributed by atoms with Gasteiger partial charge in [0, 0.05) is 12.6 Å². The van der Waals surface area contributed by atoms with E-state index in [-0.39, 0.29) is 0 Å². The summed E-state index contributed by atoms with van der Waals surface area (Å²) in [7, 11) is 1.51. The van der Waals surface area contributed by atoms with Crippen LogP contribution >= 0.6 is 0 Å². The Balaban J connectivity index is 2.88. The van der Waals surface area contributed by atoms with Crippen molar-refractivity contribution in [3.63, 3.8) is 0 Å². The smallest absolute Gasteiger partial charge is 0.410 e. The Morgan fingerprint density at radius 3 is 2.67 bits per heavy atom. The van der Waals surface area contributed by atoms with Crippen LogP contribution in [0.3, 0.4) is 0 Å². The van der Waals surface area contributed by atoms with Crippen LogP contribution in [0.2, 0.25) is 0 Å². The van der Waals surface area contributed by atoms with Crippen LogP contribution in [0, 0.1) is 0 Å². The number of rotatable bonds is 2. The van der Waals surface area contributed by atoms with Crippen LogP contribution in [0.1, 0.15) is 19.4 Å². The van der Waals surface area contributed by atoms with Gasteiger partial charge in [-0.3, -0.25) is 0 Å². The molecule has 0 aliphatic rings. The molecular formula is C11H16N2O2. The summed E-state index contributed by atoms with van der Waals surface area (Å²) >= 11 is 0. The highest BCUT2D eigenvalue weighted by atomic mass is 16.5. The lowest BCUT2D eigenvalue weighted by Crippen LogP contribution is -2.28. The normalized spacial score (nSPS) is 10.9. The van der Waals surface area contributed by atoms with E-state index in [1.807, 2.05) is 26.0 Å². The lowest BCUT2D eigenvalue weighted by Gasteiger charge is -2.19. The Kier molecular flexibility index (Phi) is 3.31. The SMILES string of the molecule is CNC(=O)Oc1cccc(C(C)(C)N)c1. The number of carbonyl (C=O) groups is 1. The minimum Gasteiger partial charge on any atom is -0.410 e. The molecule has 1 amide bonds. The van der Waals surface area contributed by atoms with Crippen molar-refractivity contribution in [2.24, 2.45) is 5.73 Å². The highest BCUT2D eigenvalue weighted by Gasteiger charge is 2.14. The molecule has 1 rings (SSSR count). The molecule has 0 aliphatic carbocycles. The number of hydrogen-bond acceptors (Lipinski definition) is 3. The number of amides is 1. The standard InChI is InChI=1S/C11H16N2O2/c1-11(2,12)8-5-4-6-9(7-8)15-10(14)13-3/h4-7H,12H2,1-3H3,(H,13,14). The molecular weight excluding hydrogens is 192 g/mol. The molecule has 15 heavy (non-hydrogen) atoms. The van der Waals surface area contributed by atoms with Gasteiger partial charge in [-0.05, 0) is 31.5 Å². The third-order valence-corrected chi connectivity index (χ3v) is 1.99. The summed E-state index contributed by atoms with van der Waals surface area (Å²) in [4.78, 5) is 11.0. The fraction of sp³-hybridized carbons (Fsp3) is 0.364. The number of carbonyl (C=O) groups excluding carboxylic acids is 1. The molecule has 1 aromatic carbocycles. The summed E-state index contributed by atoms with van der Waals surface area (Å²) in [6.07, 6.45) is -0.484. The third-order valence-electron chi connectivity index (χ3n) is 1.99. The minimum absolute atomic E-state index is 0.442. The quantitative estimate of drug-likeness (QED) is 0.775. The molecule has 0 saturated carbocycles. The molecule has 82 valence electrons. The van der Waals surface area contributed by atoms with E-state index in [9.17, 15) is 4.79 Å². The second-order valence-corrected chi connectivity index (χ2v) is 3.89. The van der Waals surface area contributed by atoms with E-state index in [4.69, 9.17) is 10.5 Å². The van der Waals surface area contributed by atoms with Crippen molar-refractivity contribution < 1.29 is 9.53 Å². The zero-order valence-corrected chi connectivity index (χ0v) is 9.20. The molecule has 1 aromatic rings. The maximum Gasteiger partial charge on any atom is 0.412 e. The van der Waals surface area contributed by atoms with Gasteiger partial charge in [-0.1, -0.05) is 12.1 Å². The molecule has 4 nitrogen and oxygen atoms in total. The van der Waals surface area contributed by atoms with E-state index >= 15 is 0 Å². The van der Waals surface area contributed by atoms with Gasteiger partial charge in [0.2, 0.25) is 0 Å². The lowest BCUT2D eigenvalue weighted by atomic mass is 9.96. The third kappa shape index (κ3) is 3.25. The maximum atomic E-state index is 11.0. The van der Waals surface area contributed by atoms with Crippen LogP contribution in [-0.2, 0) is 5.54 Å². The van der Waals surface area contributed by atoms with E-state index in [0.29, 0.717) is 5.75 Å². The second-order valence-electron chi connectivity index (χ2n) is 3.89. The van der Waals surface area contributed by atoms with Gasteiger partial charge in [-0.2, -0.15) is 0 Å². The highest BCUT2D eigenvalue weighted by molar-refractivity contribution is 5.69. The van der Waals surface area contributed by atoms with E-state index in [0.717, 1.165) is 5.56 Å². The Morgan fingerprint density at radius 1 is 1.47 bits per heavy atom. The molecule has 0 saturated heterocycles. The molecule has 0 aromatic heterocycles. The monoisotopic (exact) mass is 208 g/mol. The molecule has 0 aliphatic heterocycles. The van der Waals surface area contributed by atoms with Gasteiger partial charge in [0.1, 0.15) is 5.75 Å². The Bertz CT molecular complexity index is 356. The Hall–Kier alpha value is -1.55. The van der Waals surface area contributed by atoms with Crippen LogP contribution in [-0.4, -0.2) is 13.1 Å². The number of hydrogen-bond donors (Lipinski definition) is 2. The minimum atomic E-state index is -0.484. The largest absolute Gasteiger partial charge is 0.412 e. The molecule has 0 spiro atoms. The first kappa shape index (κ1) is 11.5. The number of nitrogens with two attached hydrogens (primary N) is 1. The average Bonchev–Trinajstić information content (AvgIpc) is 2.17. The van der Waals surface area contributed by atoms with Crippen molar-refractivity contribution in [3.8, 4) is 5.75 Å². The van der Waals surface area contributed by atoms with Crippen molar-refractivity contribution in [3.05, 3.63) is 29.8 Å². The van der Waals surface area contributed by atoms with E-state index in [2.05, 4.69) is 5.32 Å². The number of benzene rings is 1. The van der Waals surface area contributed by atoms with E-state index in [1.54, 1.807) is 12.1 Å². The first-order valence-corrected chi connectivity index (χ1v) is 4.72. The van der Waals surface area contributed by atoms with Gasteiger partial charge >= 0.3 is 6.09 Å². The first-order chi connectivity index (χ1) is 6.93. The average molecular weight is 208 g/mol. The molecule has 0 heterocycles. The topological polar surface area (TPSA) is 64.3 Å². The molecule has 0 unspecified atom stereocenters. The predicted octanol–water partition coefficient (Wildman–Crippen LogP) is 1.60. The van der Waals surface area contributed by atoms with Crippen molar-refractivity contribution in [2.45, 2.75) is 19.4 Å². The van der Waals surface area contributed by atoms with Crippen LogP contribution < -0.4 is 15.8 Å². The summed E-state index contributed by atoms with van der Waals surface area (Å²) in [6, 6.07) is 7.18. The predicted molar refractivity (Wildman–Crippen MR) is 58.7 cm³/mol. The highest BCUT2D eigenvalue weighted by Crippen LogP contribution is 2.21. The zero-order valence-electron chi connectivity index (χ0n) is 9.20. The molecule has 0 radical (unpaired) electrons. The summed E-state index contributed by atoms with van der Waals surface area (Å²) in [5.74, 6) is 0.491. The lowest BCUT2D eigenvalue weighted by molar-refractivity contribution is 0.203. The molecule has 3 N–H and O–H groups in total. The fourth-order valence-corrected chi connectivity index (χ4v) is 1.12. The van der Waals surface area contributed by atoms with Crippen molar-refractivity contribution in [1.82, 2.24) is 5.32 Å². The second kappa shape index (κ2) is 4.31. The van der Waals surface area contributed by atoms with Crippen molar-refractivity contribution in [1.29, 1.82) is 0 Å². The number of ether oxygens (including phenoxy) is 1. The van der Waals surface area contributed by atoms with Crippen molar-refractivity contribution >= 4 is 6.09 Å². The molecule has 0 atom stereocenters. The van der Waals surface area contributed by atoms with Gasteiger partial charge in [0.05, 0.1) is 0 Å². The van der Waals surface area contributed by atoms with Crippen LogP contribution in [0.4, 0.5) is 4.79 Å². The van der Waals surface area contributed by atoms with Gasteiger partial charge in [0.15, 0.2) is 0 Å². The van der Waals surface area contributed by atoms with E-state index in [1.165, 1.54) is 7.05 Å². The molecule has 0 fully saturated rings. The first-order valence-electron chi connectivity index (χ1n) is 4.72. The number of nitrogens with one attached hydrogen (secondary N) is 1. The fourth-order valence-electron chi connectivity index (χ4n) is 1.12. The van der Waals surface area contributed by atoms with Crippen LogP contribution in [0.5, 0.6) is 5.75 Å².